The summed E-state index contributed by atoms with van der Waals surface area (Å²) in [6.07, 6.45) is 4.05. The van der Waals surface area contributed by atoms with Gasteiger partial charge < -0.3 is 0 Å². The van der Waals surface area contributed by atoms with Crippen LogP contribution >= 0.6 is 15.9 Å². The summed E-state index contributed by atoms with van der Waals surface area (Å²) >= 11 is 3.88. The Kier molecular flexibility index (Phi) is 5.26. The first-order valence-corrected chi connectivity index (χ1v) is 9.71. The third-order valence-corrected chi connectivity index (χ3v) is 6.22. The van der Waals surface area contributed by atoms with Gasteiger partial charge in [-0.25, -0.2) is 0 Å². The van der Waals surface area contributed by atoms with Crippen LogP contribution in [0.15, 0.2) is 53.0 Å². The maximum absolute atomic E-state index is 3.88. The highest BCUT2D eigenvalue weighted by molar-refractivity contribution is 9.10. The van der Waals surface area contributed by atoms with Crippen molar-refractivity contribution in [2.45, 2.75) is 46.0 Å². The number of hydrogen-bond acceptors (Lipinski definition) is 0. The zero-order valence-electron chi connectivity index (χ0n) is 14.4. The molecule has 0 spiro atoms. The topological polar surface area (TPSA) is 0 Å². The van der Waals surface area contributed by atoms with E-state index in [9.17, 15) is 0 Å². The number of rotatable bonds is 3. The van der Waals surface area contributed by atoms with Crippen LogP contribution in [0.3, 0.4) is 0 Å². The van der Waals surface area contributed by atoms with E-state index in [4.69, 9.17) is 0 Å². The van der Waals surface area contributed by atoms with Gasteiger partial charge in [0.05, 0.1) is 0 Å². The average molecular weight is 371 g/mol. The third-order valence-electron chi connectivity index (χ3n) is 5.53. The zero-order valence-corrected chi connectivity index (χ0v) is 16.0. The lowest BCUT2D eigenvalue weighted by molar-refractivity contribution is 0.197. The van der Waals surface area contributed by atoms with E-state index >= 15 is 0 Å². The van der Waals surface area contributed by atoms with E-state index < -0.39 is 0 Å². The minimum atomic E-state index is 0.657. The summed E-state index contributed by atoms with van der Waals surface area (Å²) in [5.74, 6) is 3.01. The van der Waals surface area contributed by atoms with Gasteiger partial charge in [-0.1, -0.05) is 85.6 Å². The molecule has 0 heterocycles. The summed E-state index contributed by atoms with van der Waals surface area (Å²) in [4.78, 5) is 0. The van der Waals surface area contributed by atoms with Crippen molar-refractivity contribution in [2.24, 2.45) is 17.8 Å². The summed E-state index contributed by atoms with van der Waals surface area (Å²) in [6, 6.07) is 17.6. The molecule has 1 fully saturated rings. The molecule has 0 aliphatic heterocycles. The van der Waals surface area contributed by atoms with Crippen molar-refractivity contribution >= 4 is 15.9 Å². The Balaban J connectivity index is 2.10. The molecule has 0 aromatic heterocycles. The lowest BCUT2D eigenvalue weighted by Gasteiger charge is -2.39. The summed E-state index contributed by atoms with van der Waals surface area (Å²) in [5.41, 5.74) is 4.28. The van der Waals surface area contributed by atoms with Crippen LogP contribution in [-0.2, 0) is 0 Å². The SMILES string of the molecule is CC1CCC(C(C)C)C(c2c(Br)cccc2-c2ccccc2)C1. The predicted octanol–water partition coefficient (Wildman–Crippen LogP) is 7.29. The normalized spacial score (nSPS) is 24.8. The van der Waals surface area contributed by atoms with Gasteiger partial charge >= 0.3 is 0 Å². The van der Waals surface area contributed by atoms with Gasteiger partial charge in [0.25, 0.3) is 0 Å². The molecule has 2 aromatic rings. The Hall–Kier alpha value is -1.08. The summed E-state index contributed by atoms with van der Waals surface area (Å²) in [5, 5.41) is 0. The highest BCUT2D eigenvalue weighted by atomic mass is 79.9. The van der Waals surface area contributed by atoms with Gasteiger partial charge in [-0.15, -0.1) is 0 Å². The first-order chi connectivity index (χ1) is 11.1. The smallest absolute Gasteiger partial charge is 0.0216 e. The molecule has 1 saturated carbocycles. The zero-order chi connectivity index (χ0) is 16.4. The molecule has 1 aliphatic rings. The van der Waals surface area contributed by atoms with Crippen molar-refractivity contribution in [3.63, 3.8) is 0 Å². The molecule has 2 aromatic carbocycles. The molecule has 0 bridgehead atoms. The lowest BCUT2D eigenvalue weighted by Crippen LogP contribution is -2.26. The Morgan fingerprint density at radius 3 is 2.39 bits per heavy atom. The fourth-order valence-corrected chi connectivity index (χ4v) is 4.98. The molecular weight excluding hydrogens is 344 g/mol. The molecule has 0 nitrogen and oxygen atoms in total. The van der Waals surface area contributed by atoms with Crippen molar-refractivity contribution < 1.29 is 0 Å². The Bertz CT molecular complexity index is 644. The van der Waals surface area contributed by atoms with Gasteiger partial charge in [0, 0.05) is 4.47 Å². The van der Waals surface area contributed by atoms with E-state index in [0.29, 0.717) is 5.92 Å². The Morgan fingerprint density at radius 2 is 1.70 bits per heavy atom. The van der Waals surface area contributed by atoms with E-state index in [1.807, 2.05) is 0 Å². The minimum absolute atomic E-state index is 0.657. The maximum Gasteiger partial charge on any atom is 0.0216 e. The van der Waals surface area contributed by atoms with Gasteiger partial charge in [-0.3, -0.25) is 0 Å². The first-order valence-electron chi connectivity index (χ1n) is 8.91. The minimum Gasteiger partial charge on any atom is -0.0625 e. The van der Waals surface area contributed by atoms with Crippen LogP contribution in [0.5, 0.6) is 0 Å². The van der Waals surface area contributed by atoms with Crippen molar-refractivity contribution in [3.8, 4) is 11.1 Å². The second-order valence-electron chi connectivity index (χ2n) is 7.50. The van der Waals surface area contributed by atoms with Crippen molar-refractivity contribution in [3.05, 3.63) is 58.6 Å². The van der Waals surface area contributed by atoms with Crippen molar-refractivity contribution in [1.29, 1.82) is 0 Å². The van der Waals surface area contributed by atoms with Crippen LogP contribution in [0.1, 0.15) is 51.5 Å². The highest BCUT2D eigenvalue weighted by Gasteiger charge is 2.34. The molecule has 23 heavy (non-hydrogen) atoms. The van der Waals surface area contributed by atoms with Crippen LogP contribution in [0.4, 0.5) is 0 Å². The van der Waals surface area contributed by atoms with Crippen LogP contribution in [0, 0.1) is 17.8 Å². The molecule has 0 radical (unpaired) electrons. The largest absolute Gasteiger partial charge is 0.0625 e. The number of hydrogen-bond donors (Lipinski definition) is 0. The second-order valence-corrected chi connectivity index (χ2v) is 8.35. The first kappa shape index (κ1) is 16.8. The van der Waals surface area contributed by atoms with Crippen LogP contribution in [-0.4, -0.2) is 0 Å². The van der Waals surface area contributed by atoms with E-state index in [-0.39, 0.29) is 0 Å². The standard InChI is InChI=1S/C22H27Br/c1-15(2)18-13-12-16(3)14-20(18)22-19(10-7-11-21(22)23)17-8-5-4-6-9-17/h4-11,15-16,18,20H,12-14H2,1-3H3. The Morgan fingerprint density at radius 1 is 0.957 bits per heavy atom. The molecule has 122 valence electrons. The van der Waals surface area contributed by atoms with Crippen LogP contribution < -0.4 is 0 Å². The average Bonchev–Trinajstić information content (AvgIpc) is 2.55. The quantitative estimate of drug-likeness (QED) is 0.531. The second kappa shape index (κ2) is 7.21. The fourth-order valence-electron chi connectivity index (χ4n) is 4.32. The fraction of sp³-hybridized carbons (Fsp3) is 0.455. The third kappa shape index (κ3) is 3.55. The van der Waals surface area contributed by atoms with Gasteiger partial charge in [0.2, 0.25) is 0 Å². The molecular formula is C22H27Br. The molecule has 3 unspecified atom stereocenters. The highest BCUT2D eigenvalue weighted by Crippen LogP contribution is 2.48. The van der Waals surface area contributed by atoms with Gasteiger partial charge in [-0.05, 0) is 59.3 Å². The van der Waals surface area contributed by atoms with Gasteiger partial charge in [-0.2, -0.15) is 0 Å². The van der Waals surface area contributed by atoms with Crippen molar-refractivity contribution in [2.75, 3.05) is 0 Å². The van der Waals surface area contributed by atoms with E-state index in [2.05, 4.69) is 85.2 Å². The molecule has 0 amide bonds. The molecule has 0 saturated heterocycles. The maximum atomic E-state index is 3.88. The summed E-state index contributed by atoms with van der Waals surface area (Å²) in [7, 11) is 0. The number of halogens is 1. The van der Waals surface area contributed by atoms with Gasteiger partial charge in [0.1, 0.15) is 0 Å². The summed E-state index contributed by atoms with van der Waals surface area (Å²) in [6.45, 7) is 7.21. The van der Waals surface area contributed by atoms with Gasteiger partial charge in [0.15, 0.2) is 0 Å². The molecule has 0 N–H and O–H groups in total. The van der Waals surface area contributed by atoms with Crippen LogP contribution in [0.2, 0.25) is 0 Å². The van der Waals surface area contributed by atoms with E-state index in [1.165, 1.54) is 40.4 Å². The summed E-state index contributed by atoms with van der Waals surface area (Å²) < 4.78 is 1.28. The van der Waals surface area contributed by atoms with E-state index in [1.54, 1.807) is 0 Å². The predicted molar refractivity (Wildman–Crippen MR) is 104 cm³/mol. The Labute approximate surface area is 149 Å². The van der Waals surface area contributed by atoms with E-state index in [0.717, 1.165) is 17.8 Å². The molecule has 1 aliphatic carbocycles. The molecule has 3 atom stereocenters. The lowest BCUT2D eigenvalue weighted by atomic mass is 9.66. The van der Waals surface area contributed by atoms with Crippen molar-refractivity contribution in [1.82, 2.24) is 0 Å². The number of benzene rings is 2. The molecule has 1 heteroatoms. The molecule has 3 rings (SSSR count). The monoisotopic (exact) mass is 370 g/mol. The van der Waals surface area contributed by atoms with Crippen LogP contribution in [0.25, 0.3) is 11.1 Å².